The second-order valence-corrected chi connectivity index (χ2v) is 4.78. The Morgan fingerprint density at radius 1 is 1.29 bits per heavy atom. The zero-order valence-electron chi connectivity index (χ0n) is 11.7. The molecule has 0 saturated heterocycles. The van der Waals surface area contributed by atoms with Crippen LogP contribution in [0.5, 0.6) is 0 Å². The number of aromatic nitrogens is 1. The maximum atomic E-state index is 11.8. The Hall–Kier alpha value is -2.82. The van der Waals surface area contributed by atoms with Gasteiger partial charge < -0.3 is 14.9 Å². The van der Waals surface area contributed by atoms with E-state index in [0.717, 1.165) is 16.7 Å². The number of nitrogens with two attached hydrogens (primary N) is 1. The van der Waals surface area contributed by atoms with Crippen LogP contribution in [-0.2, 0) is 4.74 Å². The smallest absolute Gasteiger partial charge is 0.338 e. The lowest BCUT2D eigenvalue weighted by molar-refractivity contribution is 0.0601. The molecule has 5 nitrogen and oxygen atoms in total. The Labute approximate surface area is 121 Å². The molecule has 3 aromatic rings. The predicted molar refractivity (Wildman–Crippen MR) is 79.9 cm³/mol. The first-order chi connectivity index (χ1) is 10.1. The molecule has 1 heterocycles. The second-order valence-electron chi connectivity index (χ2n) is 4.78. The third kappa shape index (κ3) is 2.33. The van der Waals surface area contributed by atoms with Gasteiger partial charge in [0.05, 0.1) is 12.7 Å². The summed E-state index contributed by atoms with van der Waals surface area (Å²) in [6, 6.07) is 11.3. The van der Waals surface area contributed by atoms with Crippen molar-refractivity contribution in [2.24, 2.45) is 0 Å². The van der Waals surface area contributed by atoms with Gasteiger partial charge in [-0.1, -0.05) is 29.8 Å². The summed E-state index contributed by atoms with van der Waals surface area (Å²) in [5.74, 6) is -0.430. The first-order valence-corrected chi connectivity index (χ1v) is 6.44. The van der Waals surface area contributed by atoms with Crippen molar-refractivity contribution in [3.8, 4) is 11.1 Å². The number of rotatable bonds is 2. The zero-order chi connectivity index (χ0) is 15.0. The minimum Gasteiger partial charge on any atom is -0.465 e. The molecule has 21 heavy (non-hydrogen) atoms. The standard InChI is InChI=1S/C16H14N2O3/c1-9-4-3-5-10(6-9)12-7-11(15(19)20-2)8-13-14(12)18-16(17)21-13/h3-8H,1-2H3,(H2,17,18). The Morgan fingerprint density at radius 3 is 2.81 bits per heavy atom. The minimum absolute atomic E-state index is 0.0703. The molecule has 0 spiro atoms. The van der Waals surface area contributed by atoms with Crippen molar-refractivity contribution in [3.05, 3.63) is 47.5 Å². The summed E-state index contributed by atoms with van der Waals surface area (Å²) in [6.45, 7) is 2.00. The van der Waals surface area contributed by atoms with Crippen molar-refractivity contribution in [2.45, 2.75) is 6.92 Å². The number of carbonyl (C=O) groups is 1. The molecule has 5 heteroatoms. The Kier molecular flexibility index (Phi) is 3.10. The van der Waals surface area contributed by atoms with E-state index in [-0.39, 0.29) is 6.01 Å². The first-order valence-electron chi connectivity index (χ1n) is 6.44. The number of esters is 1. The zero-order valence-corrected chi connectivity index (χ0v) is 11.7. The van der Waals surface area contributed by atoms with E-state index >= 15 is 0 Å². The van der Waals surface area contributed by atoms with Crippen LogP contribution in [0, 0.1) is 6.92 Å². The van der Waals surface area contributed by atoms with Crippen LogP contribution in [0.4, 0.5) is 6.01 Å². The van der Waals surface area contributed by atoms with Gasteiger partial charge in [-0.25, -0.2) is 4.79 Å². The van der Waals surface area contributed by atoms with Crippen LogP contribution in [0.1, 0.15) is 15.9 Å². The van der Waals surface area contributed by atoms with Crippen molar-refractivity contribution in [2.75, 3.05) is 12.8 Å². The van der Waals surface area contributed by atoms with Crippen LogP contribution in [0.2, 0.25) is 0 Å². The molecule has 0 bridgehead atoms. The largest absolute Gasteiger partial charge is 0.465 e. The minimum atomic E-state index is -0.430. The van der Waals surface area contributed by atoms with Gasteiger partial charge in [-0.15, -0.1) is 0 Å². The SMILES string of the molecule is COC(=O)c1cc(-c2cccc(C)c2)c2nc(N)oc2c1. The number of benzene rings is 2. The van der Waals surface area contributed by atoms with Crippen LogP contribution in [0.25, 0.3) is 22.2 Å². The van der Waals surface area contributed by atoms with Gasteiger partial charge in [-0.2, -0.15) is 4.98 Å². The number of oxazole rings is 1. The molecule has 1 aromatic heterocycles. The number of fused-ring (bicyclic) bond motifs is 1. The molecule has 0 atom stereocenters. The van der Waals surface area contributed by atoms with Crippen molar-refractivity contribution >= 4 is 23.1 Å². The third-order valence-corrected chi connectivity index (χ3v) is 3.26. The summed E-state index contributed by atoms with van der Waals surface area (Å²) in [6.07, 6.45) is 0. The monoisotopic (exact) mass is 282 g/mol. The van der Waals surface area contributed by atoms with Crippen LogP contribution in [-0.4, -0.2) is 18.1 Å². The molecule has 0 aliphatic heterocycles. The van der Waals surface area contributed by atoms with Gasteiger partial charge in [0.2, 0.25) is 0 Å². The number of hydrogen-bond donors (Lipinski definition) is 1. The molecule has 106 valence electrons. The van der Waals surface area contributed by atoms with Gasteiger partial charge in [0.15, 0.2) is 5.58 Å². The molecule has 2 aromatic carbocycles. The van der Waals surface area contributed by atoms with Crippen molar-refractivity contribution in [1.29, 1.82) is 0 Å². The van der Waals surface area contributed by atoms with Crippen LogP contribution in [0.3, 0.4) is 0 Å². The van der Waals surface area contributed by atoms with Crippen LogP contribution in [0.15, 0.2) is 40.8 Å². The van der Waals surface area contributed by atoms with E-state index in [1.807, 2.05) is 31.2 Å². The summed E-state index contributed by atoms with van der Waals surface area (Å²) < 4.78 is 10.1. The molecule has 3 rings (SSSR count). The third-order valence-electron chi connectivity index (χ3n) is 3.26. The number of ether oxygens (including phenoxy) is 1. The lowest BCUT2D eigenvalue weighted by atomic mass is 10.00. The number of aryl methyl sites for hydroxylation is 1. The molecule has 0 amide bonds. The Morgan fingerprint density at radius 2 is 2.10 bits per heavy atom. The molecule has 0 unspecified atom stereocenters. The summed E-state index contributed by atoms with van der Waals surface area (Å²) in [5, 5.41) is 0. The van der Waals surface area contributed by atoms with E-state index in [2.05, 4.69) is 4.98 Å². The number of carbonyl (C=O) groups excluding carboxylic acids is 1. The molecule has 0 fully saturated rings. The molecular weight excluding hydrogens is 268 g/mol. The van der Waals surface area contributed by atoms with Gasteiger partial charge in [0.25, 0.3) is 6.01 Å². The van der Waals surface area contributed by atoms with E-state index in [0.29, 0.717) is 16.7 Å². The van der Waals surface area contributed by atoms with Gasteiger partial charge in [-0.3, -0.25) is 0 Å². The number of nitrogens with zero attached hydrogens (tertiary/aromatic N) is 1. The average Bonchev–Trinajstić information content (AvgIpc) is 2.85. The fraction of sp³-hybridized carbons (Fsp3) is 0.125. The molecule has 0 saturated carbocycles. The fourth-order valence-electron chi connectivity index (χ4n) is 2.31. The maximum Gasteiger partial charge on any atom is 0.338 e. The highest BCUT2D eigenvalue weighted by molar-refractivity contribution is 6.00. The number of nitrogen functional groups attached to an aromatic ring is 1. The van der Waals surface area contributed by atoms with Crippen LogP contribution >= 0.6 is 0 Å². The normalized spacial score (nSPS) is 10.8. The van der Waals surface area contributed by atoms with E-state index in [1.54, 1.807) is 12.1 Å². The number of methoxy groups -OCH3 is 1. The highest BCUT2D eigenvalue weighted by Crippen LogP contribution is 2.31. The maximum absolute atomic E-state index is 11.8. The summed E-state index contributed by atoms with van der Waals surface area (Å²) >= 11 is 0. The summed E-state index contributed by atoms with van der Waals surface area (Å²) in [7, 11) is 1.34. The average molecular weight is 282 g/mol. The predicted octanol–water partition coefficient (Wildman–Crippen LogP) is 3.17. The molecule has 0 aliphatic rings. The van der Waals surface area contributed by atoms with Crippen molar-refractivity contribution in [1.82, 2.24) is 4.98 Å². The topological polar surface area (TPSA) is 78.3 Å². The van der Waals surface area contributed by atoms with Gasteiger partial charge in [0, 0.05) is 5.56 Å². The van der Waals surface area contributed by atoms with E-state index in [1.165, 1.54) is 7.11 Å². The van der Waals surface area contributed by atoms with Crippen molar-refractivity contribution in [3.63, 3.8) is 0 Å². The van der Waals surface area contributed by atoms with Crippen molar-refractivity contribution < 1.29 is 13.9 Å². The first kappa shape index (κ1) is 13.2. The van der Waals surface area contributed by atoms with E-state index in [9.17, 15) is 4.79 Å². The fourth-order valence-corrected chi connectivity index (χ4v) is 2.31. The van der Waals surface area contributed by atoms with Gasteiger partial charge in [0.1, 0.15) is 5.52 Å². The summed E-state index contributed by atoms with van der Waals surface area (Å²) in [4.78, 5) is 16.0. The highest BCUT2D eigenvalue weighted by Gasteiger charge is 2.16. The highest BCUT2D eigenvalue weighted by atomic mass is 16.5. The molecular formula is C16H14N2O3. The Bertz CT molecular complexity index is 837. The lowest BCUT2D eigenvalue weighted by Crippen LogP contribution is -2.01. The lowest BCUT2D eigenvalue weighted by Gasteiger charge is -2.06. The quantitative estimate of drug-likeness (QED) is 0.730. The molecule has 2 N–H and O–H groups in total. The Balaban J connectivity index is 2.31. The van der Waals surface area contributed by atoms with Crippen LogP contribution < -0.4 is 5.73 Å². The van der Waals surface area contributed by atoms with E-state index in [4.69, 9.17) is 14.9 Å². The molecule has 0 aliphatic carbocycles. The van der Waals surface area contributed by atoms with E-state index < -0.39 is 5.97 Å². The molecule has 0 radical (unpaired) electrons. The van der Waals surface area contributed by atoms with Gasteiger partial charge in [-0.05, 0) is 24.6 Å². The number of hydrogen-bond acceptors (Lipinski definition) is 5. The number of anilines is 1. The summed E-state index contributed by atoms with van der Waals surface area (Å²) in [5.41, 5.74) is 9.97. The van der Waals surface area contributed by atoms with Gasteiger partial charge >= 0.3 is 5.97 Å². The second kappa shape index (κ2) is 4.94.